The molecule has 4 aromatic rings. The molecule has 10 nitrogen and oxygen atoms in total. The number of fused-ring (bicyclic) bond motifs is 2. The van der Waals surface area contributed by atoms with Crippen molar-refractivity contribution in [3.05, 3.63) is 118 Å². The number of hydrogen-bond acceptors (Lipinski definition) is 8. The third-order valence-electron chi connectivity index (χ3n) is 13.1. The van der Waals surface area contributed by atoms with Crippen molar-refractivity contribution in [3.8, 4) is 11.5 Å². The van der Waals surface area contributed by atoms with Gasteiger partial charge in [-0.1, -0.05) is 42.5 Å². The first-order valence-corrected chi connectivity index (χ1v) is 20.4. The number of carbonyl (C=O) groups excluding carboxylic acids is 3. The number of hydrogen-bond donors (Lipinski definition) is 2. The summed E-state index contributed by atoms with van der Waals surface area (Å²) in [5.41, 5.74) is 8.99. The number of benzene rings is 4. The molecule has 2 N–H and O–H groups in total. The largest absolute Gasteiger partial charge is 0.508 e. The van der Waals surface area contributed by atoms with Gasteiger partial charge < -0.3 is 24.5 Å². The smallest absolute Gasteiger partial charge is 0.255 e. The van der Waals surface area contributed by atoms with Crippen molar-refractivity contribution in [2.75, 3.05) is 62.7 Å². The Morgan fingerprint density at radius 1 is 0.732 bits per heavy atom. The Morgan fingerprint density at radius 2 is 1.46 bits per heavy atom. The minimum absolute atomic E-state index is 0.127. The van der Waals surface area contributed by atoms with Gasteiger partial charge in [-0.25, -0.2) is 0 Å². The number of methoxy groups -OCH3 is 1. The van der Waals surface area contributed by atoms with E-state index in [1.807, 2.05) is 24.3 Å². The van der Waals surface area contributed by atoms with Crippen LogP contribution in [0.4, 0.5) is 11.4 Å². The summed E-state index contributed by atoms with van der Waals surface area (Å²) in [6, 6.07) is 29.0. The molecule has 0 spiro atoms. The Morgan fingerprint density at radius 3 is 2.23 bits per heavy atom. The molecule has 4 aromatic carbocycles. The number of nitrogens with one attached hydrogen (secondary N) is 1. The summed E-state index contributed by atoms with van der Waals surface area (Å²) < 4.78 is 6.15. The van der Waals surface area contributed by atoms with E-state index in [1.54, 1.807) is 12.0 Å². The van der Waals surface area contributed by atoms with Gasteiger partial charge in [-0.2, -0.15) is 0 Å². The highest BCUT2D eigenvalue weighted by atomic mass is 16.5. The molecule has 3 amide bonds. The zero-order chi connectivity index (χ0) is 38.3. The van der Waals surface area contributed by atoms with Gasteiger partial charge in [0.05, 0.1) is 7.11 Å². The number of piperidine rings is 2. The Balaban J connectivity index is 0.805. The van der Waals surface area contributed by atoms with Gasteiger partial charge in [0.2, 0.25) is 11.8 Å². The molecule has 4 aliphatic heterocycles. The Bertz CT molecular complexity index is 2120. The fourth-order valence-corrected chi connectivity index (χ4v) is 10.1. The van der Waals surface area contributed by atoms with Crippen molar-refractivity contribution in [1.82, 2.24) is 15.1 Å². The molecular weight excluding hydrogens is 703 g/mol. The number of phenolic OH excluding ortho intramolecular Hbond substituents is 1. The first kappa shape index (κ1) is 36.3. The number of nitrogens with zero attached hydrogens (tertiary/aromatic N) is 4. The number of phenols is 1. The molecule has 5 aliphatic rings. The second-order valence-electron chi connectivity index (χ2n) is 16.3. The van der Waals surface area contributed by atoms with Crippen molar-refractivity contribution in [1.29, 1.82) is 0 Å². The standard InChI is InChI=1S/C46H51N5O5/c1-56-42-27-35(9-13-40(42)44-37(31-5-3-2-4-6-31)11-7-32-26-36(52)10-14-38(32)44)49-19-17-30(18-20-49)28-48-21-23-50(24-22-48)34-8-12-39-33(25-34)29-51(46(39)55)41-15-16-43(53)47-45(41)54/h2-6,8-10,12-14,25-27,30,37,41,44,52H,7,11,15-24,28-29H2,1H3,(H,47,53,54)/t37-,41+,44+/m1/s1. The van der Waals surface area contributed by atoms with Crippen LogP contribution in [-0.4, -0.2) is 91.6 Å². The molecule has 1 aliphatic carbocycles. The van der Waals surface area contributed by atoms with Crippen LogP contribution in [0.5, 0.6) is 11.5 Å². The Hall–Kier alpha value is -5.35. The molecule has 0 unspecified atom stereocenters. The van der Waals surface area contributed by atoms with Crippen LogP contribution in [0.1, 0.15) is 82.1 Å². The van der Waals surface area contributed by atoms with Crippen LogP contribution in [-0.2, 0) is 22.6 Å². The topological polar surface area (TPSA) is 106 Å². The van der Waals surface area contributed by atoms with E-state index < -0.39 is 6.04 Å². The molecule has 9 rings (SSSR count). The van der Waals surface area contributed by atoms with E-state index in [0.717, 1.165) is 88.5 Å². The van der Waals surface area contributed by atoms with Crippen LogP contribution in [0, 0.1) is 5.92 Å². The molecule has 4 heterocycles. The maximum absolute atomic E-state index is 13.2. The van der Waals surface area contributed by atoms with E-state index in [-0.39, 0.29) is 30.1 Å². The van der Waals surface area contributed by atoms with Crippen molar-refractivity contribution in [3.63, 3.8) is 0 Å². The van der Waals surface area contributed by atoms with Crippen LogP contribution in [0.2, 0.25) is 0 Å². The average Bonchev–Trinajstić information content (AvgIpc) is 3.55. The molecule has 3 fully saturated rings. The third-order valence-corrected chi connectivity index (χ3v) is 13.1. The van der Waals surface area contributed by atoms with Gasteiger partial charge in [0.15, 0.2) is 0 Å². The molecule has 290 valence electrons. The number of carbonyl (C=O) groups is 3. The van der Waals surface area contributed by atoms with Gasteiger partial charge in [-0.05, 0) is 103 Å². The summed E-state index contributed by atoms with van der Waals surface area (Å²) in [6.07, 6.45) is 4.90. The normalized spacial score (nSPS) is 23.2. The molecule has 3 atom stereocenters. The Kier molecular flexibility index (Phi) is 9.91. The fourth-order valence-electron chi connectivity index (χ4n) is 10.1. The van der Waals surface area contributed by atoms with Gasteiger partial charge in [-0.3, -0.25) is 24.6 Å². The molecule has 0 radical (unpaired) electrons. The van der Waals surface area contributed by atoms with Crippen LogP contribution >= 0.6 is 0 Å². The summed E-state index contributed by atoms with van der Waals surface area (Å²) in [5, 5.41) is 12.7. The maximum atomic E-state index is 13.2. The zero-order valence-electron chi connectivity index (χ0n) is 32.2. The molecule has 56 heavy (non-hydrogen) atoms. The van der Waals surface area contributed by atoms with Crippen molar-refractivity contribution < 1.29 is 24.2 Å². The molecule has 3 saturated heterocycles. The SMILES string of the molecule is COc1cc(N2CCC(CN3CCN(c4ccc5c(c4)CN([C@H]4CCC(=O)NC4=O)C5=O)CC3)CC2)ccc1[C@@H]1c2ccc(O)cc2CC[C@@H]1c1ccccc1. The molecule has 0 aromatic heterocycles. The van der Waals surface area contributed by atoms with E-state index in [2.05, 4.69) is 80.7 Å². The lowest BCUT2D eigenvalue weighted by atomic mass is 9.69. The van der Waals surface area contributed by atoms with Gasteiger partial charge in [-0.15, -0.1) is 0 Å². The van der Waals surface area contributed by atoms with Crippen LogP contribution in [0.25, 0.3) is 0 Å². The van der Waals surface area contributed by atoms with Crippen molar-refractivity contribution >= 4 is 29.1 Å². The first-order chi connectivity index (χ1) is 27.3. The van der Waals surface area contributed by atoms with E-state index in [1.165, 1.54) is 27.9 Å². The number of aromatic hydroxyl groups is 1. The van der Waals surface area contributed by atoms with Gasteiger partial charge in [0.25, 0.3) is 5.91 Å². The first-order valence-electron chi connectivity index (χ1n) is 20.4. The lowest BCUT2D eigenvalue weighted by Gasteiger charge is -2.40. The van der Waals surface area contributed by atoms with Gasteiger partial charge >= 0.3 is 0 Å². The highest BCUT2D eigenvalue weighted by Gasteiger charge is 2.40. The predicted octanol–water partition coefficient (Wildman–Crippen LogP) is 6.06. The summed E-state index contributed by atoms with van der Waals surface area (Å²) >= 11 is 0. The highest BCUT2D eigenvalue weighted by molar-refractivity contribution is 6.05. The quantitative estimate of drug-likeness (QED) is 0.210. The van der Waals surface area contributed by atoms with E-state index in [4.69, 9.17) is 4.74 Å². The monoisotopic (exact) mass is 753 g/mol. The second kappa shape index (κ2) is 15.3. The number of amides is 3. The molecule has 0 saturated carbocycles. The summed E-state index contributed by atoms with van der Waals surface area (Å²) in [4.78, 5) is 46.5. The van der Waals surface area contributed by atoms with Crippen LogP contribution < -0.4 is 19.9 Å². The molecule has 0 bridgehead atoms. The van der Waals surface area contributed by atoms with Crippen LogP contribution in [0.15, 0.2) is 84.9 Å². The highest BCUT2D eigenvalue weighted by Crippen LogP contribution is 2.50. The lowest BCUT2D eigenvalue weighted by molar-refractivity contribution is -0.136. The summed E-state index contributed by atoms with van der Waals surface area (Å²) in [7, 11) is 1.79. The van der Waals surface area contributed by atoms with Gasteiger partial charge in [0.1, 0.15) is 17.5 Å². The predicted molar refractivity (Wildman–Crippen MR) is 217 cm³/mol. The Labute approximate surface area is 329 Å². The lowest BCUT2D eigenvalue weighted by Crippen LogP contribution is -2.52. The zero-order valence-corrected chi connectivity index (χ0v) is 32.2. The average molecular weight is 754 g/mol. The number of rotatable bonds is 8. The number of ether oxygens (including phenoxy) is 1. The van der Waals surface area contributed by atoms with Crippen molar-refractivity contribution in [2.45, 2.75) is 62.9 Å². The number of imide groups is 1. The van der Waals surface area contributed by atoms with E-state index >= 15 is 0 Å². The summed E-state index contributed by atoms with van der Waals surface area (Å²) in [5.74, 6) is 1.60. The minimum atomic E-state index is -0.592. The maximum Gasteiger partial charge on any atom is 0.255 e. The molecular formula is C46H51N5O5. The molecule has 10 heteroatoms. The van der Waals surface area contributed by atoms with E-state index in [0.29, 0.717) is 36.1 Å². The van der Waals surface area contributed by atoms with E-state index in [9.17, 15) is 19.5 Å². The van der Waals surface area contributed by atoms with Crippen molar-refractivity contribution in [2.24, 2.45) is 5.92 Å². The minimum Gasteiger partial charge on any atom is -0.508 e. The number of anilines is 2. The fraction of sp³-hybridized carbons (Fsp3) is 0.413. The summed E-state index contributed by atoms with van der Waals surface area (Å²) in [6.45, 7) is 7.44. The second-order valence-corrected chi connectivity index (χ2v) is 16.3. The number of aryl methyl sites for hydroxylation is 1. The third kappa shape index (κ3) is 7.00. The number of piperazine rings is 1. The van der Waals surface area contributed by atoms with Crippen LogP contribution in [0.3, 0.4) is 0 Å². The van der Waals surface area contributed by atoms with Gasteiger partial charge in [0, 0.05) is 93.3 Å².